The summed E-state index contributed by atoms with van der Waals surface area (Å²) in [5, 5.41) is 1.73. The average Bonchev–Trinajstić information content (AvgIpc) is 2.82. The first-order chi connectivity index (χ1) is 10.5. The van der Waals surface area contributed by atoms with Gasteiger partial charge < -0.3 is 15.0 Å². The van der Waals surface area contributed by atoms with Crippen molar-refractivity contribution in [3.8, 4) is 0 Å². The minimum Gasteiger partial charge on any atom is -0.447 e. The van der Waals surface area contributed by atoms with E-state index in [0.717, 1.165) is 17.0 Å². The number of aryl methyl sites for hydroxylation is 1. The van der Waals surface area contributed by atoms with E-state index in [9.17, 15) is 14.4 Å². The Hall–Kier alpha value is -2.41. The van der Waals surface area contributed by atoms with Gasteiger partial charge in [0.05, 0.1) is 6.42 Å². The second-order valence-electron chi connectivity index (χ2n) is 4.73. The number of hydrogen-bond donors (Lipinski definition) is 1. The zero-order valence-electron chi connectivity index (χ0n) is 12.0. The first-order valence-corrected chi connectivity index (χ1v) is 7.55. The first-order valence-electron chi connectivity index (χ1n) is 6.67. The molecule has 0 radical (unpaired) electrons. The summed E-state index contributed by atoms with van der Waals surface area (Å²) >= 11 is 1.08. The maximum Gasteiger partial charge on any atom is 0.308 e. The second-order valence-corrected chi connectivity index (χ2v) is 5.55. The molecule has 1 atom stereocenters. The first kappa shape index (κ1) is 16.0. The number of ether oxygens (including phenoxy) is 1. The van der Waals surface area contributed by atoms with Crippen molar-refractivity contribution in [2.24, 2.45) is 5.73 Å². The second kappa shape index (κ2) is 7.04. The van der Waals surface area contributed by atoms with Crippen LogP contribution in [0.25, 0.3) is 0 Å². The molecule has 1 aromatic carbocycles. The summed E-state index contributed by atoms with van der Waals surface area (Å²) in [6.07, 6.45) is -1.12. The molecule has 0 spiro atoms. The maximum atomic E-state index is 11.9. The van der Waals surface area contributed by atoms with Gasteiger partial charge in [0.2, 0.25) is 6.10 Å². The van der Waals surface area contributed by atoms with Gasteiger partial charge in [0.1, 0.15) is 0 Å². The van der Waals surface area contributed by atoms with Crippen molar-refractivity contribution in [3.63, 3.8) is 0 Å². The quantitative estimate of drug-likeness (QED) is 0.814. The molecular weight excluding hydrogens is 304 g/mol. The summed E-state index contributed by atoms with van der Waals surface area (Å²) in [7, 11) is 0. The van der Waals surface area contributed by atoms with Gasteiger partial charge in [-0.3, -0.25) is 14.4 Å². The standard InChI is InChI=1S/C15H16N2O4S/c1-10-9-22-15(20)17(10)8-7-12(18)21-13(14(16)19)11-5-3-2-4-6-11/h2-6,9,13H,7-8H2,1H3,(H2,16,19)/t13-/m1/s1. The topological polar surface area (TPSA) is 91.4 Å². The number of esters is 1. The summed E-state index contributed by atoms with van der Waals surface area (Å²) in [4.78, 5) is 34.8. The van der Waals surface area contributed by atoms with E-state index in [4.69, 9.17) is 10.5 Å². The third-order valence-corrected chi connectivity index (χ3v) is 4.01. The number of nitrogens with zero attached hydrogens (tertiary/aromatic N) is 1. The molecule has 0 aliphatic rings. The molecule has 0 unspecified atom stereocenters. The molecule has 7 heteroatoms. The molecule has 22 heavy (non-hydrogen) atoms. The van der Waals surface area contributed by atoms with Crippen molar-refractivity contribution in [1.82, 2.24) is 4.57 Å². The average molecular weight is 320 g/mol. The number of benzene rings is 1. The third-order valence-electron chi connectivity index (χ3n) is 3.13. The number of amides is 1. The number of aromatic nitrogens is 1. The number of carbonyl (C=O) groups is 2. The lowest BCUT2D eigenvalue weighted by Crippen LogP contribution is -2.27. The minimum absolute atomic E-state index is 0.00586. The van der Waals surface area contributed by atoms with Crippen molar-refractivity contribution in [3.05, 3.63) is 56.6 Å². The van der Waals surface area contributed by atoms with Crippen molar-refractivity contribution in [2.45, 2.75) is 26.0 Å². The molecule has 0 aliphatic carbocycles. The Kier molecular flexibility index (Phi) is 5.11. The molecule has 0 saturated heterocycles. The lowest BCUT2D eigenvalue weighted by Gasteiger charge is -2.15. The summed E-state index contributed by atoms with van der Waals surface area (Å²) in [6.45, 7) is 2.01. The highest BCUT2D eigenvalue weighted by atomic mass is 32.1. The Morgan fingerprint density at radius 2 is 2.00 bits per heavy atom. The van der Waals surface area contributed by atoms with Crippen LogP contribution in [0.5, 0.6) is 0 Å². The fraction of sp³-hybridized carbons (Fsp3) is 0.267. The predicted octanol–water partition coefficient (Wildman–Crippen LogP) is 1.38. The molecule has 1 heterocycles. The molecule has 6 nitrogen and oxygen atoms in total. The highest BCUT2D eigenvalue weighted by Gasteiger charge is 2.22. The van der Waals surface area contributed by atoms with E-state index < -0.39 is 18.0 Å². The molecule has 1 amide bonds. The van der Waals surface area contributed by atoms with E-state index in [-0.39, 0.29) is 17.8 Å². The van der Waals surface area contributed by atoms with Gasteiger partial charge >= 0.3 is 10.8 Å². The van der Waals surface area contributed by atoms with Gasteiger partial charge in [-0.2, -0.15) is 0 Å². The van der Waals surface area contributed by atoms with E-state index in [1.54, 1.807) is 42.6 Å². The van der Waals surface area contributed by atoms with Crippen LogP contribution in [0, 0.1) is 6.92 Å². The van der Waals surface area contributed by atoms with Gasteiger partial charge in [-0.15, -0.1) is 0 Å². The summed E-state index contributed by atoms with van der Waals surface area (Å²) in [5.74, 6) is -1.31. The maximum absolute atomic E-state index is 11.9. The van der Waals surface area contributed by atoms with Gasteiger partial charge in [-0.1, -0.05) is 41.7 Å². The fourth-order valence-electron chi connectivity index (χ4n) is 1.99. The van der Waals surface area contributed by atoms with Crippen LogP contribution >= 0.6 is 11.3 Å². The number of rotatable bonds is 6. The number of carbonyl (C=O) groups excluding carboxylic acids is 2. The Morgan fingerprint density at radius 3 is 2.55 bits per heavy atom. The number of primary amides is 1. The number of hydrogen-bond acceptors (Lipinski definition) is 5. The largest absolute Gasteiger partial charge is 0.447 e. The molecule has 2 rings (SSSR count). The van der Waals surface area contributed by atoms with Crippen LogP contribution in [0.1, 0.15) is 23.8 Å². The van der Waals surface area contributed by atoms with E-state index >= 15 is 0 Å². The van der Waals surface area contributed by atoms with Gasteiger partial charge in [0.25, 0.3) is 5.91 Å². The minimum atomic E-state index is -1.12. The monoisotopic (exact) mass is 320 g/mol. The Morgan fingerprint density at radius 1 is 1.32 bits per heavy atom. The Labute approximate surface area is 131 Å². The molecular formula is C15H16N2O4S. The fourth-order valence-corrected chi connectivity index (χ4v) is 2.75. The summed E-state index contributed by atoms with van der Waals surface area (Å²) < 4.78 is 6.64. The molecule has 0 aliphatic heterocycles. The zero-order valence-corrected chi connectivity index (χ0v) is 12.8. The van der Waals surface area contributed by atoms with Crippen molar-refractivity contribution < 1.29 is 14.3 Å². The van der Waals surface area contributed by atoms with Gasteiger partial charge in [-0.05, 0) is 6.92 Å². The predicted molar refractivity (Wildman–Crippen MR) is 82.4 cm³/mol. The molecule has 116 valence electrons. The van der Waals surface area contributed by atoms with Crippen LogP contribution < -0.4 is 10.6 Å². The normalized spacial score (nSPS) is 11.9. The van der Waals surface area contributed by atoms with Gasteiger partial charge in [0.15, 0.2) is 0 Å². The van der Waals surface area contributed by atoms with Crippen molar-refractivity contribution in [2.75, 3.05) is 0 Å². The lowest BCUT2D eigenvalue weighted by atomic mass is 10.1. The Bertz CT molecular complexity index is 721. The summed E-state index contributed by atoms with van der Waals surface area (Å²) in [6, 6.07) is 8.57. The van der Waals surface area contributed by atoms with Gasteiger partial charge in [-0.25, -0.2) is 0 Å². The smallest absolute Gasteiger partial charge is 0.308 e. The molecule has 2 aromatic rings. The van der Waals surface area contributed by atoms with Crippen LogP contribution in [0.2, 0.25) is 0 Å². The lowest BCUT2D eigenvalue weighted by molar-refractivity contribution is -0.155. The van der Waals surface area contributed by atoms with Crippen LogP contribution in [-0.4, -0.2) is 16.4 Å². The molecule has 0 saturated carbocycles. The van der Waals surface area contributed by atoms with Gasteiger partial charge in [0, 0.05) is 23.2 Å². The van der Waals surface area contributed by atoms with E-state index in [1.807, 2.05) is 0 Å². The summed E-state index contributed by atoms with van der Waals surface area (Å²) in [5.41, 5.74) is 6.60. The highest BCUT2D eigenvalue weighted by Crippen LogP contribution is 2.17. The molecule has 0 fully saturated rings. The van der Waals surface area contributed by atoms with Crippen LogP contribution in [0.3, 0.4) is 0 Å². The van der Waals surface area contributed by atoms with Crippen LogP contribution in [0.15, 0.2) is 40.5 Å². The molecule has 1 aromatic heterocycles. The van der Waals surface area contributed by atoms with E-state index in [2.05, 4.69) is 0 Å². The molecule has 2 N–H and O–H groups in total. The van der Waals surface area contributed by atoms with Crippen molar-refractivity contribution in [1.29, 1.82) is 0 Å². The van der Waals surface area contributed by atoms with E-state index in [0.29, 0.717) is 5.56 Å². The number of nitrogens with two attached hydrogens (primary N) is 1. The SMILES string of the molecule is Cc1csc(=O)n1CCC(=O)O[C@@H](C(N)=O)c1ccccc1. The Balaban J connectivity index is 2.01. The van der Waals surface area contributed by atoms with Crippen LogP contribution in [0.4, 0.5) is 0 Å². The highest BCUT2D eigenvalue weighted by molar-refractivity contribution is 7.07. The van der Waals surface area contributed by atoms with E-state index in [1.165, 1.54) is 4.57 Å². The third kappa shape index (κ3) is 3.82. The van der Waals surface area contributed by atoms with Crippen LogP contribution in [-0.2, 0) is 20.9 Å². The molecule has 0 bridgehead atoms. The number of thiazole rings is 1. The van der Waals surface area contributed by atoms with Crippen molar-refractivity contribution >= 4 is 23.2 Å². The zero-order chi connectivity index (χ0) is 16.1.